The molecule has 0 radical (unpaired) electrons. The summed E-state index contributed by atoms with van der Waals surface area (Å²) in [6.07, 6.45) is 0.645. The number of hydrogen-bond donors (Lipinski definition) is 3. The van der Waals surface area contributed by atoms with E-state index in [4.69, 9.17) is 0 Å². The van der Waals surface area contributed by atoms with Gasteiger partial charge in [0.1, 0.15) is 0 Å². The summed E-state index contributed by atoms with van der Waals surface area (Å²) in [5.41, 5.74) is 0.139. The second-order valence-electron chi connectivity index (χ2n) is 5.05. The van der Waals surface area contributed by atoms with Crippen molar-refractivity contribution in [3.05, 3.63) is 35.9 Å². The summed E-state index contributed by atoms with van der Waals surface area (Å²) in [5, 5.41) is 16.9. The van der Waals surface area contributed by atoms with Crippen LogP contribution >= 0.6 is 0 Å². The Morgan fingerprint density at radius 1 is 1.44 bits per heavy atom. The molecule has 2 unspecified atom stereocenters. The summed E-state index contributed by atoms with van der Waals surface area (Å²) in [7, 11) is 0. The lowest BCUT2D eigenvalue weighted by Crippen LogP contribution is -2.39. The van der Waals surface area contributed by atoms with Gasteiger partial charge in [0.05, 0.1) is 12.1 Å². The first kappa shape index (κ1) is 12.9. The molecular weight excluding hydrogens is 226 g/mol. The molecule has 4 nitrogen and oxygen atoms in total. The lowest BCUT2D eigenvalue weighted by molar-refractivity contribution is 0.0492. The Morgan fingerprint density at radius 2 is 2.17 bits per heavy atom. The predicted octanol–water partition coefficient (Wildman–Crippen LogP) is 1.22. The fourth-order valence-electron chi connectivity index (χ4n) is 2.03. The Bertz CT molecular complexity index is 414. The van der Waals surface area contributed by atoms with Gasteiger partial charge in [-0.2, -0.15) is 0 Å². The molecule has 1 heterocycles. The molecule has 98 valence electrons. The van der Waals surface area contributed by atoms with Gasteiger partial charge in [0.2, 0.25) is 0 Å². The van der Waals surface area contributed by atoms with E-state index < -0.39 is 5.60 Å². The highest BCUT2D eigenvalue weighted by molar-refractivity contribution is 5.81. The van der Waals surface area contributed by atoms with E-state index in [2.05, 4.69) is 22.5 Å². The van der Waals surface area contributed by atoms with Gasteiger partial charge in [-0.15, -0.1) is 0 Å². The topological polar surface area (TPSA) is 56.7 Å². The summed E-state index contributed by atoms with van der Waals surface area (Å²) in [6, 6.07) is 10.2. The average Bonchev–Trinajstić information content (AvgIpc) is 2.76. The van der Waals surface area contributed by atoms with Gasteiger partial charge < -0.3 is 15.7 Å². The molecule has 1 aliphatic heterocycles. The average molecular weight is 247 g/mol. The maximum absolute atomic E-state index is 10.4. The quantitative estimate of drug-likeness (QED) is 0.750. The van der Waals surface area contributed by atoms with Crippen molar-refractivity contribution in [1.82, 2.24) is 10.6 Å². The molecular formula is C14H21N3O. The molecule has 0 saturated carbocycles. The number of nitrogens with one attached hydrogen (secondary N) is 2. The minimum absolute atomic E-state index is 0.405. The van der Waals surface area contributed by atoms with Gasteiger partial charge >= 0.3 is 0 Å². The first-order valence-electron chi connectivity index (χ1n) is 6.41. The van der Waals surface area contributed by atoms with E-state index in [-0.39, 0.29) is 0 Å². The van der Waals surface area contributed by atoms with Crippen molar-refractivity contribution in [1.29, 1.82) is 0 Å². The van der Waals surface area contributed by atoms with Crippen LogP contribution in [0.25, 0.3) is 0 Å². The fourth-order valence-corrected chi connectivity index (χ4v) is 2.03. The maximum atomic E-state index is 10.4. The molecule has 0 saturated heterocycles. The van der Waals surface area contributed by atoms with Gasteiger partial charge in [-0.25, -0.2) is 0 Å². The fraction of sp³-hybridized carbons (Fsp3) is 0.500. The number of aliphatic imine (C=N–C) groups is 1. The predicted molar refractivity (Wildman–Crippen MR) is 73.5 cm³/mol. The van der Waals surface area contributed by atoms with Gasteiger partial charge in [0.25, 0.3) is 0 Å². The Kier molecular flexibility index (Phi) is 3.87. The van der Waals surface area contributed by atoms with Crippen LogP contribution in [-0.2, 0) is 5.60 Å². The highest BCUT2D eigenvalue weighted by atomic mass is 16.3. The molecule has 0 aromatic heterocycles. The maximum Gasteiger partial charge on any atom is 0.191 e. The Balaban J connectivity index is 1.83. The summed E-state index contributed by atoms with van der Waals surface area (Å²) in [4.78, 5) is 4.32. The van der Waals surface area contributed by atoms with E-state index in [0.717, 1.165) is 18.1 Å². The first-order valence-corrected chi connectivity index (χ1v) is 6.41. The molecule has 0 bridgehead atoms. The zero-order valence-corrected chi connectivity index (χ0v) is 11.0. The zero-order valence-electron chi connectivity index (χ0n) is 11.0. The van der Waals surface area contributed by atoms with E-state index in [9.17, 15) is 5.11 Å². The number of benzene rings is 1. The van der Waals surface area contributed by atoms with Gasteiger partial charge in [-0.05, 0) is 25.8 Å². The largest absolute Gasteiger partial charge is 0.385 e. The van der Waals surface area contributed by atoms with Crippen molar-refractivity contribution in [3.8, 4) is 0 Å². The van der Waals surface area contributed by atoms with Crippen molar-refractivity contribution < 1.29 is 5.11 Å². The summed E-state index contributed by atoms with van der Waals surface area (Å²) in [6.45, 7) is 5.45. The molecule has 0 amide bonds. The van der Waals surface area contributed by atoms with Crippen molar-refractivity contribution in [2.75, 3.05) is 13.1 Å². The first-order chi connectivity index (χ1) is 8.58. The van der Waals surface area contributed by atoms with Crippen LogP contribution in [-0.4, -0.2) is 30.2 Å². The van der Waals surface area contributed by atoms with Gasteiger partial charge in [0, 0.05) is 12.6 Å². The second kappa shape index (κ2) is 5.40. The minimum atomic E-state index is -0.807. The second-order valence-corrected chi connectivity index (χ2v) is 5.05. The van der Waals surface area contributed by atoms with E-state index in [0.29, 0.717) is 19.0 Å². The van der Waals surface area contributed by atoms with Crippen molar-refractivity contribution in [2.45, 2.75) is 31.9 Å². The molecule has 0 fully saturated rings. The van der Waals surface area contributed by atoms with Crippen LogP contribution < -0.4 is 10.6 Å². The normalized spacial score (nSPS) is 21.9. The molecule has 2 atom stereocenters. The number of rotatable bonds is 4. The standard InChI is InChI=1S/C14H21N3O/c1-11-10-16-13(17-11)15-9-8-14(2,18)12-6-4-3-5-7-12/h3-7,11,18H,8-10H2,1-2H3,(H2,15,16,17). The molecule has 1 aliphatic rings. The van der Waals surface area contributed by atoms with Crippen LogP contribution in [0.1, 0.15) is 25.8 Å². The molecule has 2 rings (SSSR count). The summed E-state index contributed by atoms with van der Waals surface area (Å²) in [5.74, 6) is 0.839. The van der Waals surface area contributed by atoms with E-state index in [1.807, 2.05) is 37.3 Å². The SMILES string of the molecule is CC1CN=C(NCCC(C)(O)c2ccccc2)N1. The van der Waals surface area contributed by atoms with Crippen molar-refractivity contribution in [2.24, 2.45) is 4.99 Å². The Labute approximate surface area is 108 Å². The van der Waals surface area contributed by atoms with Gasteiger partial charge in [0.15, 0.2) is 5.96 Å². The summed E-state index contributed by atoms with van der Waals surface area (Å²) < 4.78 is 0. The third-order valence-corrected chi connectivity index (χ3v) is 3.21. The third kappa shape index (κ3) is 3.23. The van der Waals surface area contributed by atoms with Crippen molar-refractivity contribution >= 4 is 5.96 Å². The number of hydrogen-bond acceptors (Lipinski definition) is 4. The van der Waals surface area contributed by atoms with E-state index in [1.54, 1.807) is 0 Å². The molecule has 0 aliphatic carbocycles. The highest BCUT2D eigenvalue weighted by Crippen LogP contribution is 2.23. The van der Waals surface area contributed by atoms with Crippen LogP contribution in [0.4, 0.5) is 0 Å². The molecule has 1 aromatic carbocycles. The van der Waals surface area contributed by atoms with Gasteiger partial charge in [-0.1, -0.05) is 30.3 Å². The van der Waals surface area contributed by atoms with Crippen LogP contribution in [0, 0.1) is 0 Å². The molecule has 1 aromatic rings. The third-order valence-electron chi connectivity index (χ3n) is 3.21. The number of aliphatic hydroxyl groups is 1. The molecule has 0 spiro atoms. The van der Waals surface area contributed by atoms with Crippen LogP contribution in [0.5, 0.6) is 0 Å². The lowest BCUT2D eigenvalue weighted by atomic mass is 9.93. The van der Waals surface area contributed by atoms with Crippen LogP contribution in [0.2, 0.25) is 0 Å². The Morgan fingerprint density at radius 3 is 2.78 bits per heavy atom. The Hall–Kier alpha value is -1.55. The van der Waals surface area contributed by atoms with E-state index in [1.165, 1.54) is 0 Å². The number of nitrogens with zero attached hydrogens (tertiary/aromatic N) is 1. The van der Waals surface area contributed by atoms with Crippen LogP contribution in [0.3, 0.4) is 0 Å². The lowest BCUT2D eigenvalue weighted by Gasteiger charge is -2.24. The zero-order chi connectivity index (χ0) is 13.0. The van der Waals surface area contributed by atoms with E-state index >= 15 is 0 Å². The van der Waals surface area contributed by atoms with Crippen molar-refractivity contribution in [3.63, 3.8) is 0 Å². The van der Waals surface area contributed by atoms with Gasteiger partial charge in [-0.3, -0.25) is 4.99 Å². The molecule has 3 N–H and O–H groups in total. The molecule has 4 heteroatoms. The highest BCUT2D eigenvalue weighted by Gasteiger charge is 2.22. The molecule has 18 heavy (non-hydrogen) atoms. The summed E-state index contributed by atoms with van der Waals surface area (Å²) >= 11 is 0. The monoisotopic (exact) mass is 247 g/mol. The van der Waals surface area contributed by atoms with Crippen LogP contribution in [0.15, 0.2) is 35.3 Å². The smallest absolute Gasteiger partial charge is 0.191 e. The minimum Gasteiger partial charge on any atom is -0.385 e. The number of guanidine groups is 1.